The van der Waals surface area contributed by atoms with Crippen molar-refractivity contribution in [1.82, 2.24) is 10.3 Å². The van der Waals surface area contributed by atoms with E-state index in [0.717, 1.165) is 43.7 Å². The molecule has 1 saturated heterocycles. The van der Waals surface area contributed by atoms with Crippen LogP contribution in [0.1, 0.15) is 36.9 Å². The quantitative estimate of drug-likeness (QED) is 0.860. The second kappa shape index (κ2) is 6.52. The van der Waals surface area contributed by atoms with Gasteiger partial charge in [0.2, 0.25) is 0 Å². The van der Waals surface area contributed by atoms with Crippen molar-refractivity contribution in [3.63, 3.8) is 0 Å². The summed E-state index contributed by atoms with van der Waals surface area (Å²) < 4.78 is 11.4. The van der Waals surface area contributed by atoms with Crippen molar-refractivity contribution >= 4 is 5.82 Å². The summed E-state index contributed by atoms with van der Waals surface area (Å²) in [6.07, 6.45) is 3.51. The summed E-state index contributed by atoms with van der Waals surface area (Å²) in [4.78, 5) is 4.29. The van der Waals surface area contributed by atoms with E-state index in [9.17, 15) is 0 Å². The number of anilines is 1. The van der Waals surface area contributed by atoms with Crippen LogP contribution in [0, 0.1) is 6.92 Å². The number of aryl methyl sites for hydroxylation is 1. The van der Waals surface area contributed by atoms with E-state index < -0.39 is 0 Å². The van der Waals surface area contributed by atoms with Crippen LogP contribution in [0.3, 0.4) is 0 Å². The van der Waals surface area contributed by atoms with Crippen LogP contribution in [0.25, 0.3) is 0 Å². The van der Waals surface area contributed by atoms with Gasteiger partial charge >= 0.3 is 0 Å². The predicted octanol–water partition coefficient (Wildman–Crippen LogP) is 1.82. The number of rotatable bonds is 5. The first-order valence-electron chi connectivity index (χ1n) is 7.21. The van der Waals surface area contributed by atoms with Crippen LogP contribution >= 0.6 is 0 Å². The van der Waals surface area contributed by atoms with Crippen LogP contribution in [-0.2, 0) is 9.47 Å². The minimum Gasteiger partial charge on any atom is -0.383 e. The molecule has 1 unspecified atom stereocenters. The van der Waals surface area contributed by atoms with Crippen molar-refractivity contribution in [1.29, 1.82) is 0 Å². The number of hydrogen-bond acceptors (Lipinski definition) is 5. The molecule has 5 heteroatoms. The molecule has 20 heavy (non-hydrogen) atoms. The van der Waals surface area contributed by atoms with Crippen molar-refractivity contribution in [2.75, 3.05) is 32.6 Å². The number of aromatic nitrogens is 1. The van der Waals surface area contributed by atoms with Gasteiger partial charge in [-0.25, -0.2) is 4.98 Å². The molecule has 1 aromatic heterocycles. The molecule has 5 nitrogen and oxygen atoms in total. The van der Waals surface area contributed by atoms with Gasteiger partial charge in [0.1, 0.15) is 5.82 Å². The number of methoxy groups -OCH3 is 1. The molecular formula is C15H25N3O2. The normalized spacial score (nSPS) is 19.8. The van der Waals surface area contributed by atoms with Crippen molar-refractivity contribution < 1.29 is 9.47 Å². The first kappa shape index (κ1) is 15.2. The van der Waals surface area contributed by atoms with Gasteiger partial charge in [-0.15, -0.1) is 0 Å². The molecule has 0 saturated carbocycles. The molecule has 1 fully saturated rings. The summed E-state index contributed by atoms with van der Waals surface area (Å²) in [6, 6.07) is 2.14. The second-order valence-electron chi connectivity index (χ2n) is 5.36. The smallest absolute Gasteiger partial charge is 0.128 e. The van der Waals surface area contributed by atoms with Gasteiger partial charge in [-0.3, -0.25) is 0 Å². The Morgan fingerprint density at radius 1 is 1.50 bits per heavy atom. The molecule has 1 aliphatic heterocycles. The molecule has 1 aliphatic rings. The first-order chi connectivity index (χ1) is 9.63. The van der Waals surface area contributed by atoms with E-state index in [4.69, 9.17) is 15.2 Å². The van der Waals surface area contributed by atoms with E-state index in [2.05, 4.69) is 23.3 Å². The number of hydrogen-bond donors (Lipinski definition) is 2. The average molecular weight is 279 g/mol. The fraction of sp³-hybridized carbons (Fsp3) is 0.667. The summed E-state index contributed by atoms with van der Waals surface area (Å²) in [6.45, 7) is 6.41. The summed E-state index contributed by atoms with van der Waals surface area (Å²) in [5, 5.41) is 3.53. The van der Waals surface area contributed by atoms with E-state index in [1.807, 2.05) is 6.92 Å². The van der Waals surface area contributed by atoms with Crippen LogP contribution in [-0.4, -0.2) is 37.5 Å². The first-order valence-corrected chi connectivity index (χ1v) is 7.21. The lowest BCUT2D eigenvalue weighted by Gasteiger charge is -2.43. The number of pyridine rings is 1. The molecule has 1 atom stereocenters. The molecule has 0 aliphatic carbocycles. The minimum atomic E-state index is -0.280. The highest BCUT2D eigenvalue weighted by molar-refractivity contribution is 5.44. The predicted molar refractivity (Wildman–Crippen MR) is 79.6 cm³/mol. The maximum Gasteiger partial charge on any atom is 0.128 e. The van der Waals surface area contributed by atoms with Gasteiger partial charge in [-0.1, -0.05) is 6.92 Å². The van der Waals surface area contributed by atoms with E-state index in [1.54, 1.807) is 13.3 Å². The summed E-state index contributed by atoms with van der Waals surface area (Å²) in [7, 11) is 1.77. The van der Waals surface area contributed by atoms with Crippen LogP contribution in [0.5, 0.6) is 0 Å². The SMILES string of the molecule is CCNC(c1cc(C)cnc1N)C1(OC)CCOCC1. The van der Waals surface area contributed by atoms with Crippen LogP contribution in [0.4, 0.5) is 5.82 Å². The second-order valence-corrected chi connectivity index (χ2v) is 5.36. The monoisotopic (exact) mass is 279 g/mol. The Kier molecular flexibility index (Phi) is 4.96. The fourth-order valence-corrected chi connectivity index (χ4v) is 2.94. The highest BCUT2D eigenvalue weighted by Crippen LogP contribution is 2.39. The van der Waals surface area contributed by atoms with Gasteiger partial charge in [0.05, 0.1) is 11.6 Å². The van der Waals surface area contributed by atoms with Crippen molar-refractivity contribution in [2.24, 2.45) is 0 Å². The maximum atomic E-state index is 6.10. The fourth-order valence-electron chi connectivity index (χ4n) is 2.94. The van der Waals surface area contributed by atoms with E-state index >= 15 is 0 Å². The standard InChI is InChI=1S/C15H25N3O2/c1-4-17-13(12-9-11(2)10-18-14(12)16)15(19-3)5-7-20-8-6-15/h9-10,13,17H,4-8H2,1-3H3,(H2,16,18). The highest BCUT2D eigenvalue weighted by atomic mass is 16.5. The molecule has 1 aromatic rings. The van der Waals surface area contributed by atoms with E-state index in [1.165, 1.54) is 0 Å². The van der Waals surface area contributed by atoms with Gasteiger partial charge in [0, 0.05) is 44.9 Å². The molecular weight excluding hydrogens is 254 g/mol. The molecule has 0 radical (unpaired) electrons. The third kappa shape index (κ3) is 2.95. The number of nitrogen functional groups attached to an aromatic ring is 1. The van der Waals surface area contributed by atoms with Crippen LogP contribution < -0.4 is 11.1 Å². The van der Waals surface area contributed by atoms with Gasteiger partial charge in [0.15, 0.2) is 0 Å². The zero-order valence-electron chi connectivity index (χ0n) is 12.6. The lowest BCUT2D eigenvalue weighted by molar-refractivity contribution is -0.111. The van der Waals surface area contributed by atoms with Crippen molar-refractivity contribution in [3.05, 3.63) is 23.4 Å². The van der Waals surface area contributed by atoms with E-state index in [0.29, 0.717) is 5.82 Å². The molecule has 3 N–H and O–H groups in total. The molecule has 2 rings (SSSR count). The largest absolute Gasteiger partial charge is 0.383 e. The van der Waals surface area contributed by atoms with Crippen LogP contribution in [0.15, 0.2) is 12.3 Å². The zero-order valence-corrected chi connectivity index (χ0v) is 12.6. The summed E-state index contributed by atoms with van der Waals surface area (Å²) in [5.74, 6) is 0.574. The Morgan fingerprint density at radius 2 is 2.20 bits per heavy atom. The Balaban J connectivity index is 2.40. The Morgan fingerprint density at radius 3 is 2.80 bits per heavy atom. The van der Waals surface area contributed by atoms with Gasteiger partial charge < -0.3 is 20.5 Å². The van der Waals surface area contributed by atoms with Gasteiger partial charge in [0.25, 0.3) is 0 Å². The zero-order chi connectivity index (χ0) is 14.6. The van der Waals surface area contributed by atoms with Gasteiger partial charge in [-0.05, 0) is 25.1 Å². The Labute approximate surface area is 120 Å². The molecule has 0 bridgehead atoms. The van der Waals surface area contributed by atoms with E-state index in [-0.39, 0.29) is 11.6 Å². The summed E-state index contributed by atoms with van der Waals surface area (Å²) in [5.41, 5.74) is 7.95. The number of nitrogens with two attached hydrogens (primary N) is 1. The Hall–Kier alpha value is -1.17. The maximum absolute atomic E-state index is 6.10. The Bertz CT molecular complexity index is 445. The van der Waals surface area contributed by atoms with Crippen molar-refractivity contribution in [2.45, 2.75) is 38.3 Å². The molecule has 2 heterocycles. The molecule has 0 aromatic carbocycles. The third-order valence-electron chi connectivity index (χ3n) is 4.08. The summed E-state index contributed by atoms with van der Waals surface area (Å²) >= 11 is 0. The highest BCUT2D eigenvalue weighted by Gasteiger charge is 2.42. The molecule has 0 spiro atoms. The number of ether oxygens (including phenoxy) is 2. The number of likely N-dealkylation sites (N-methyl/N-ethyl adjacent to an activating group) is 1. The van der Waals surface area contributed by atoms with Gasteiger partial charge in [-0.2, -0.15) is 0 Å². The average Bonchev–Trinajstić information content (AvgIpc) is 2.48. The molecule has 0 amide bonds. The molecule has 112 valence electrons. The third-order valence-corrected chi connectivity index (χ3v) is 4.08. The number of nitrogens with one attached hydrogen (secondary N) is 1. The topological polar surface area (TPSA) is 69.4 Å². The van der Waals surface area contributed by atoms with Crippen LogP contribution in [0.2, 0.25) is 0 Å². The minimum absolute atomic E-state index is 0.0359. The lowest BCUT2D eigenvalue weighted by Crippen LogP contribution is -2.49. The lowest BCUT2D eigenvalue weighted by atomic mass is 9.81. The number of nitrogens with zero attached hydrogens (tertiary/aromatic N) is 1. The van der Waals surface area contributed by atoms with Crippen molar-refractivity contribution in [3.8, 4) is 0 Å².